The number of hydrogen-bond donors (Lipinski definition) is 0. The number of nitrogens with zero attached hydrogens (tertiary/aromatic N) is 2. The molecule has 0 saturated heterocycles. The van der Waals surface area contributed by atoms with Crippen LogP contribution in [0, 0.1) is 0 Å². The molecule has 0 aromatic heterocycles. The highest BCUT2D eigenvalue weighted by Gasteiger charge is 2.21. The molecule has 1 atom stereocenters. The molecule has 0 radical (unpaired) electrons. The Bertz CT molecular complexity index is 697. The lowest BCUT2D eigenvalue weighted by Crippen LogP contribution is -2.03. The van der Waals surface area contributed by atoms with Gasteiger partial charge in [-0.15, -0.1) is 11.6 Å². The Morgan fingerprint density at radius 2 is 1.50 bits per heavy atom. The maximum atomic E-state index is 10.7. The van der Waals surface area contributed by atoms with Gasteiger partial charge in [-0.05, 0) is 24.1 Å². The van der Waals surface area contributed by atoms with Crippen molar-refractivity contribution in [2.24, 2.45) is 9.98 Å². The molecule has 0 aliphatic rings. The van der Waals surface area contributed by atoms with Crippen LogP contribution in [0.15, 0.2) is 58.5 Å². The van der Waals surface area contributed by atoms with E-state index in [4.69, 9.17) is 11.6 Å². The zero-order valence-electron chi connectivity index (χ0n) is 11.7. The molecule has 22 heavy (non-hydrogen) atoms. The minimum absolute atomic E-state index is 0.126. The molecule has 0 aliphatic heterocycles. The Balaban J connectivity index is 2.68. The number of aliphatic imine (C=N–C) groups is 2. The molecule has 0 amide bonds. The summed E-state index contributed by atoms with van der Waals surface area (Å²) in [5.41, 5.74) is 2.57. The topological polar surface area (TPSA) is 58.9 Å². The Kier molecular flexibility index (Phi) is 5.81. The first-order chi connectivity index (χ1) is 10.8. The fourth-order valence-corrected chi connectivity index (χ4v) is 2.68. The largest absolute Gasteiger partial charge is 0.240 e. The third-order valence-electron chi connectivity index (χ3n) is 3.34. The molecule has 110 valence electrons. The van der Waals surface area contributed by atoms with Crippen LogP contribution in [0.2, 0.25) is 0 Å². The fourth-order valence-electron chi connectivity index (χ4n) is 2.46. The minimum atomic E-state index is -0.126. The second-order valence-corrected chi connectivity index (χ2v) is 4.94. The quantitative estimate of drug-likeness (QED) is 0.451. The van der Waals surface area contributed by atoms with Crippen molar-refractivity contribution < 1.29 is 9.59 Å². The first kappa shape index (κ1) is 15.9. The van der Waals surface area contributed by atoms with E-state index in [0.29, 0.717) is 29.2 Å². The van der Waals surface area contributed by atoms with Crippen LogP contribution in [0.5, 0.6) is 0 Å². The number of rotatable bonds is 6. The van der Waals surface area contributed by atoms with Crippen LogP contribution < -0.4 is 0 Å². The average molecular weight is 313 g/mol. The summed E-state index contributed by atoms with van der Waals surface area (Å²) < 4.78 is 0. The van der Waals surface area contributed by atoms with Gasteiger partial charge in [-0.1, -0.05) is 36.4 Å². The zero-order valence-corrected chi connectivity index (χ0v) is 12.5. The van der Waals surface area contributed by atoms with Crippen LogP contribution in [0.4, 0.5) is 11.4 Å². The van der Waals surface area contributed by atoms with E-state index in [1.165, 1.54) is 0 Å². The summed E-state index contributed by atoms with van der Waals surface area (Å²) in [5, 5.41) is 0. The van der Waals surface area contributed by atoms with E-state index in [2.05, 4.69) is 9.98 Å². The van der Waals surface area contributed by atoms with Gasteiger partial charge in [-0.3, -0.25) is 0 Å². The van der Waals surface area contributed by atoms with E-state index < -0.39 is 0 Å². The molecule has 0 N–H and O–H groups in total. The SMILES string of the molecule is O=C=Nc1cccc(N=C=O)c1C(CCCl)c1ccccc1. The summed E-state index contributed by atoms with van der Waals surface area (Å²) in [5.74, 6) is 0.294. The van der Waals surface area contributed by atoms with Crippen molar-refractivity contribution in [2.45, 2.75) is 12.3 Å². The standard InChI is InChI=1S/C17H13ClN2O2/c18-10-9-14(13-5-2-1-3-6-13)17-15(19-11-21)7-4-8-16(17)20-12-22/h1-8,14H,9-10H2. The third-order valence-corrected chi connectivity index (χ3v) is 3.56. The monoisotopic (exact) mass is 312 g/mol. The van der Waals surface area contributed by atoms with Gasteiger partial charge in [0.25, 0.3) is 0 Å². The molecule has 2 aromatic carbocycles. The van der Waals surface area contributed by atoms with Crippen molar-refractivity contribution >= 4 is 35.1 Å². The number of hydrogen-bond acceptors (Lipinski definition) is 4. The first-order valence-corrected chi connectivity index (χ1v) is 7.24. The van der Waals surface area contributed by atoms with Crippen molar-refractivity contribution in [3.8, 4) is 0 Å². The van der Waals surface area contributed by atoms with Gasteiger partial charge in [0.2, 0.25) is 12.2 Å². The number of carbonyl (C=O) groups excluding carboxylic acids is 2. The van der Waals surface area contributed by atoms with Crippen LogP contribution in [0.25, 0.3) is 0 Å². The smallest absolute Gasteiger partial charge is 0.211 e. The predicted octanol–water partition coefficient (Wildman–Crippen LogP) is 4.38. The van der Waals surface area contributed by atoms with E-state index in [-0.39, 0.29) is 5.92 Å². The third kappa shape index (κ3) is 3.57. The maximum absolute atomic E-state index is 10.7. The summed E-state index contributed by atoms with van der Waals surface area (Å²) in [6.45, 7) is 0. The second-order valence-electron chi connectivity index (χ2n) is 4.56. The predicted molar refractivity (Wildman–Crippen MR) is 85.6 cm³/mol. The molecule has 2 aromatic rings. The van der Waals surface area contributed by atoms with Crippen LogP contribution >= 0.6 is 11.6 Å². The molecule has 0 fully saturated rings. The zero-order chi connectivity index (χ0) is 15.8. The number of isocyanates is 2. The van der Waals surface area contributed by atoms with E-state index in [9.17, 15) is 9.59 Å². The van der Waals surface area contributed by atoms with Gasteiger partial charge in [0.05, 0.1) is 11.4 Å². The van der Waals surface area contributed by atoms with Crippen molar-refractivity contribution in [3.63, 3.8) is 0 Å². The van der Waals surface area contributed by atoms with Gasteiger partial charge < -0.3 is 0 Å². The second kappa shape index (κ2) is 8.06. The van der Waals surface area contributed by atoms with Crippen molar-refractivity contribution in [1.29, 1.82) is 0 Å². The van der Waals surface area contributed by atoms with Crippen molar-refractivity contribution in [2.75, 3.05) is 5.88 Å². The van der Waals surface area contributed by atoms with Crippen LogP contribution in [-0.4, -0.2) is 18.0 Å². The highest BCUT2D eigenvalue weighted by molar-refractivity contribution is 6.17. The summed E-state index contributed by atoms with van der Waals surface area (Å²) in [4.78, 5) is 28.9. The van der Waals surface area contributed by atoms with E-state index >= 15 is 0 Å². The van der Waals surface area contributed by atoms with Gasteiger partial charge in [-0.2, -0.15) is 9.98 Å². The number of benzene rings is 2. The van der Waals surface area contributed by atoms with Crippen molar-refractivity contribution in [3.05, 3.63) is 59.7 Å². The molecule has 2 rings (SSSR count). The van der Waals surface area contributed by atoms with Crippen molar-refractivity contribution in [1.82, 2.24) is 0 Å². The summed E-state index contributed by atoms with van der Waals surface area (Å²) in [6, 6.07) is 14.7. The van der Waals surface area contributed by atoms with E-state index in [1.54, 1.807) is 30.4 Å². The van der Waals surface area contributed by atoms with Gasteiger partial charge in [0.1, 0.15) is 0 Å². The molecule has 0 spiro atoms. The Labute approximate surface area is 133 Å². The Hall–Kier alpha value is -2.51. The van der Waals surface area contributed by atoms with E-state index in [1.807, 2.05) is 30.3 Å². The normalized spacial score (nSPS) is 11.1. The molecule has 5 heteroatoms. The lowest BCUT2D eigenvalue weighted by molar-refractivity contribution is 0.565. The summed E-state index contributed by atoms with van der Waals surface area (Å²) in [7, 11) is 0. The van der Waals surface area contributed by atoms with Gasteiger partial charge in [0.15, 0.2) is 0 Å². The van der Waals surface area contributed by atoms with Crippen LogP contribution in [0.1, 0.15) is 23.5 Å². The molecule has 0 aliphatic carbocycles. The van der Waals surface area contributed by atoms with Crippen LogP contribution in [-0.2, 0) is 9.59 Å². The van der Waals surface area contributed by atoms with Gasteiger partial charge in [-0.25, -0.2) is 9.59 Å². The minimum Gasteiger partial charge on any atom is -0.211 e. The fraction of sp³-hybridized carbons (Fsp3) is 0.176. The average Bonchev–Trinajstić information content (AvgIpc) is 2.55. The van der Waals surface area contributed by atoms with Crippen LogP contribution in [0.3, 0.4) is 0 Å². The van der Waals surface area contributed by atoms with Gasteiger partial charge >= 0.3 is 0 Å². The van der Waals surface area contributed by atoms with E-state index in [0.717, 1.165) is 5.56 Å². The molecule has 4 nitrogen and oxygen atoms in total. The first-order valence-electron chi connectivity index (χ1n) is 6.71. The number of halogens is 1. The summed E-state index contributed by atoms with van der Waals surface area (Å²) in [6.07, 6.45) is 3.71. The highest BCUT2D eigenvalue weighted by Crippen LogP contribution is 2.40. The molecule has 0 saturated carbocycles. The molecular formula is C17H13ClN2O2. The maximum Gasteiger partial charge on any atom is 0.240 e. The lowest BCUT2D eigenvalue weighted by atomic mass is 9.87. The molecule has 0 heterocycles. The Morgan fingerprint density at radius 1 is 0.909 bits per heavy atom. The lowest BCUT2D eigenvalue weighted by Gasteiger charge is -2.19. The molecule has 1 unspecified atom stereocenters. The summed E-state index contributed by atoms with van der Waals surface area (Å²) >= 11 is 5.94. The molecule has 0 bridgehead atoms. The highest BCUT2D eigenvalue weighted by atomic mass is 35.5. The number of alkyl halides is 1. The Morgan fingerprint density at radius 3 is 2.00 bits per heavy atom. The van der Waals surface area contributed by atoms with Gasteiger partial charge in [0, 0.05) is 17.4 Å². The molecular weight excluding hydrogens is 300 g/mol.